The number of hydrogen-bond acceptors (Lipinski definition) is 4. The van der Waals surface area contributed by atoms with Gasteiger partial charge in [0, 0.05) is 6.07 Å². The SMILES string of the molecule is CCOc1ccc(OCC)c(NC(=O)c2ccoc2Br)c1. The van der Waals surface area contributed by atoms with E-state index in [0.29, 0.717) is 40.6 Å². The molecule has 0 saturated carbocycles. The number of carbonyl (C=O) groups is 1. The van der Waals surface area contributed by atoms with Gasteiger partial charge in [-0.3, -0.25) is 4.79 Å². The normalized spacial score (nSPS) is 10.2. The monoisotopic (exact) mass is 353 g/mol. The maximum atomic E-state index is 12.2. The first-order valence-electron chi connectivity index (χ1n) is 6.59. The summed E-state index contributed by atoms with van der Waals surface area (Å²) in [5.74, 6) is 0.974. The highest BCUT2D eigenvalue weighted by Gasteiger charge is 2.15. The summed E-state index contributed by atoms with van der Waals surface area (Å²) in [5, 5.41) is 2.80. The van der Waals surface area contributed by atoms with Gasteiger partial charge in [-0.15, -0.1) is 0 Å². The third kappa shape index (κ3) is 3.78. The van der Waals surface area contributed by atoms with Gasteiger partial charge in [0.2, 0.25) is 0 Å². The Balaban J connectivity index is 2.25. The molecular weight excluding hydrogens is 338 g/mol. The van der Waals surface area contributed by atoms with E-state index in [4.69, 9.17) is 13.9 Å². The molecule has 1 heterocycles. The number of carbonyl (C=O) groups excluding carboxylic acids is 1. The summed E-state index contributed by atoms with van der Waals surface area (Å²) in [7, 11) is 0. The number of benzene rings is 1. The molecule has 5 nitrogen and oxygen atoms in total. The van der Waals surface area contributed by atoms with Gasteiger partial charge in [0.1, 0.15) is 11.5 Å². The summed E-state index contributed by atoms with van der Waals surface area (Å²) in [6.45, 7) is 4.84. The lowest BCUT2D eigenvalue weighted by Gasteiger charge is -2.13. The summed E-state index contributed by atoms with van der Waals surface area (Å²) >= 11 is 3.19. The van der Waals surface area contributed by atoms with Crippen LogP contribution >= 0.6 is 15.9 Å². The molecule has 0 saturated heterocycles. The molecule has 2 rings (SSSR count). The van der Waals surface area contributed by atoms with Crippen LogP contribution in [0.4, 0.5) is 5.69 Å². The number of anilines is 1. The Hall–Kier alpha value is -1.95. The third-order valence-electron chi connectivity index (χ3n) is 2.67. The number of amides is 1. The number of hydrogen-bond donors (Lipinski definition) is 1. The summed E-state index contributed by atoms with van der Waals surface area (Å²) in [6, 6.07) is 6.90. The lowest BCUT2D eigenvalue weighted by atomic mass is 10.2. The molecule has 0 fully saturated rings. The van der Waals surface area contributed by atoms with E-state index in [9.17, 15) is 4.79 Å². The van der Waals surface area contributed by atoms with E-state index < -0.39 is 0 Å². The van der Waals surface area contributed by atoms with E-state index in [0.717, 1.165) is 0 Å². The molecule has 1 aromatic heterocycles. The van der Waals surface area contributed by atoms with Gasteiger partial charge in [0.05, 0.1) is 30.7 Å². The Labute approximate surface area is 131 Å². The lowest BCUT2D eigenvalue weighted by molar-refractivity contribution is 0.102. The van der Waals surface area contributed by atoms with Gasteiger partial charge < -0.3 is 19.2 Å². The minimum Gasteiger partial charge on any atom is -0.494 e. The van der Waals surface area contributed by atoms with Crippen LogP contribution in [0.25, 0.3) is 0 Å². The average molecular weight is 354 g/mol. The maximum Gasteiger partial charge on any atom is 0.260 e. The fourth-order valence-electron chi connectivity index (χ4n) is 1.79. The zero-order valence-corrected chi connectivity index (χ0v) is 13.4. The van der Waals surface area contributed by atoms with E-state index in [2.05, 4.69) is 21.2 Å². The van der Waals surface area contributed by atoms with E-state index in [1.54, 1.807) is 24.3 Å². The van der Waals surface area contributed by atoms with Gasteiger partial charge >= 0.3 is 0 Å². The second-order valence-corrected chi connectivity index (χ2v) is 4.81. The highest BCUT2D eigenvalue weighted by molar-refractivity contribution is 9.10. The highest BCUT2D eigenvalue weighted by atomic mass is 79.9. The molecule has 0 spiro atoms. The van der Waals surface area contributed by atoms with Crippen molar-refractivity contribution in [3.63, 3.8) is 0 Å². The highest BCUT2D eigenvalue weighted by Crippen LogP contribution is 2.30. The Morgan fingerprint density at radius 2 is 2.00 bits per heavy atom. The molecule has 1 aromatic carbocycles. The standard InChI is InChI=1S/C15H16BrNO4/c1-3-19-10-5-6-13(20-4-2)12(9-10)17-15(18)11-7-8-21-14(11)16/h5-9H,3-4H2,1-2H3,(H,17,18). The van der Waals surface area contributed by atoms with Crippen molar-refractivity contribution < 1.29 is 18.7 Å². The fraction of sp³-hybridized carbons (Fsp3) is 0.267. The summed E-state index contributed by atoms with van der Waals surface area (Å²) in [5.41, 5.74) is 0.972. The Kier molecular flexibility index (Phi) is 5.27. The van der Waals surface area contributed by atoms with Gasteiger partial charge in [-0.1, -0.05) is 0 Å². The molecule has 6 heteroatoms. The maximum absolute atomic E-state index is 12.2. The number of furan rings is 1. The van der Waals surface area contributed by atoms with Crippen molar-refractivity contribution in [2.75, 3.05) is 18.5 Å². The van der Waals surface area contributed by atoms with E-state index in [1.807, 2.05) is 13.8 Å². The van der Waals surface area contributed by atoms with Crippen LogP contribution in [0.15, 0.2) is 39.6 Å². The smallest absolute Gasteiger partial charge is 0.260 e. The number of halogens is 1. The van der Waals surface area contributed by atoms with Crippen molar-refractivity contribution in [2.24, 2.45) is 0 Å². The largest absolute Gasteiger partial charge is 0.494 e. The average Bonchev–Trinajstić information content (AvgIpc) is 2.88. The molecule has 0 radical (unpaired) electrons. The van der Waals surface area contributed by atoms with Crippen molar-refractivity contribution >= 4 is 27.5 Å². The van der Waals surface area contributed by atoms with Crippen molar-refractivity contribution in [3.8, 4) is 11.5 Å². The molecule has 0 aliphatic rings. The Morgan fingerprint density at radius 3 is 2.62 bits per heavy atom. The minimum atomic E-state index is -0.287. The first-order valence-corrected chi connectivity index (χ1v) is 7.39. The van der Waals surface area contributed by atoms with Gasteiger partial charge in [-0.2, -0.15) is 0 Å². The molecule has 2 aromatic rings. The van der Waals surface area contributed by atoms with Crippen LogP contribution in [0.5, 0.6) is 11.5 Å². The van der Waals surface area contributed by atoms with Crippen molar-refractivity contribution in [1.29, 1.82) is 0 Å². The third-order valence-corrected chi connectivity index (χ3v) is 3.29. The number of nitrogens with one attached hydrogen (secondary N) is 1. The Bertz CT molecular complexity index is 624. The van der Waals surface area contributed by atoms with Crippen LogP contribution in [0.3, 0.4) is 0 Å². The van der Waals surface area contributed by atoms with Gasteiger partial charge in [0.25, 0.3) is 5.91 Å². The molecule has 0 aliphatic carbocycles. The second-order valence-electron chi connectivity index (χ2n) is 4.09. The predicted molar refractivity (Wildman–Crippen MR) is 83.1 cm³/mol. The Morgan fingerprint density at radius 1 is 1.24 bits per heavy atom. The van der Waals surface area contributed by atoms with Gasteiger partial charge in [0.15, 0.2) is 4.67 Å². The minimum absolute atomic E-state index is 0.287. The second kappa shape index (κ2) is 7.17. The first kappa shape index (κ1) is 15.4. The topological polar surface area (TPSA) is 60.7 Å². The van der Waals surface area contributed by atoms with Gasteiger partial charge in [-0.05, 0) is 48.0 Å². The van der Waals surface area contributed by atoms with E-state index in [-0.39, 0.29) is 5.91 Å². The van der Waals surface area contributed by atoms with Crippen LogP contribution in [0.1, 0.15) is 24.2 Å². The molecule has 112 valence electrons. The predicted octanol–water partition coefficient (Wildman–Crippen LogP) is 4.09. The molecule has 0 aliphatic heterocycles. The van der Waals surface area contributed by atoms with Crippen LogP contribution < -0.4 is 14.8 Å². The van der Waals surface area contributed by atoms with Crippen LogP contribution in [-0.2, 0) is 0 Å². The van der Waals surface area contributed by atoms with Gasteiger partial charge in [-0.25, -0.2) is 0 Å². The van der Waals surface area contributed by atoms with E-state index in [1.165, 1.54) is 6.26 Å². The first-order chi connectivity index (χ1) is 10.2. The zero-order chi connectivity index (χ0) is 15.2. The van der Waals surface area contributed by atoms with E-state index >= 15 is 0 Å². The molecule has 21 heavy (non-hydrogen) atoms. The summed E-state index contributed by atoms with van der Waals surface area (Å²) < 4.78 is 16.4. The van der Waals surface area contributed by atoms with Crippen LogP contribution in [0, 0.1) is 0 Å². The molecule has 0 atom stereocenters. The number of rotatable bonds is 6. The van der Waals surface area contributed by atoms with Crippen molar-refractivity contribution in [3.05, 3.63) is 40.8 Å². The van der Waals surface area contributed by atoms with Crippen molar-refractivity contribution in [1.82, 2.24) is 0 Å². The molecule has 1 amide bonds. The van der Waals surface area contributed by atoms with Crippen LogP contribution in [-0.4, -0.2) is 19.1 Å². The lowest BCUT2D eigenvalue weighted by Crippen LogP contribution is -2.13. The molecule has 0 unspecified atom stereocenters. The molecular formula is C15H16BrNO4. The summed E-state index contributed by atoms with van der Waals surface area (Å²) in [4.78, 5) is 12.2. The van der Waals surface area contributed by atoms with Crippen LogP contribution in [0.2, 0.25) is 0 Å². The molecule has 0 bridgehead atoms. The number of ether oxygens (including phenoxy) is 2. The summed E-state index contributed by atoms with van der Waals surface area (Å²) in [6.07, 6.45) is 1.44. The zero-order valence-electron chi connectivity index (χ0n) is 11.8. The molecule has 1 N–H and O–H groups in total. The quantitative estimate of drug-likeness (QED) is 0.849. The fourth-order valence-corrected chi connectivity index (χ4v) is 2.21. The van der Waals surface area contributed by atoms with Crippen molar-refractivity contribution in [2.45, 2.75) is 13.8 Å².